The molecule has 0 saturated carbocycles. The van der Waals surface area contributed by atoms with Gasteiger partial charge in [0, 0.05) is 43.2 Å². The average Bonchev–Trinajstić information content (AvgIpc) is 2.40. The minimum Gasteiger partial charge on any atom is -0.327 e. The van der Waals surface area contributed by atoms with Crippen LogP contribution in [0.4, 0.5) is 0 Å². The summed E-state index contributed by atoms with van der Waals surface area (Å²) in [4.78, 5) is 12.8. The van der Waals surface area contributed by atoms with Gasteiger partial charge in [-0.05, 0) is 30.2 Å². The van der Waals surface area contributed by atoms with E-state index in [1.807, 2.05) is 18.2 Å². The predicted octanol–water partition coefficient (Wildman–Crippen LogP) is 1.74. The highest BCUT2D eigenvalue weighted by Crippen LogP contribution is 2.06. The summed E-state index contributed by atoms with van der Waals surface area (Å²) >= 11 is 0. The Morgan fingerprint density at radius 3 is 2.67 bits per heavy atom. The minimum absolute atomic E-state index is 0.175. The summed E-state index contributed by atoms with van der Waals surface area (Å²) in [7, 11) is 0. The number of nitrogens with zero attached hydrogens (tertiary/aromatic N) is 3. The van der Waals surface area contributed by atoms with E-state index in [9.17, 15) is 0 Å². The first-order chi connectivity index (χ1) is 8.78. The topological polar surface area (TPSA) is 64.7 Å². The highest BCUT2D eigenvalue weighted by atomic mass is 14.9. The molecule has 2 rings (SSSR count). The van der Waals surface area contributed by atoms with Gasteiger partial charge in [0.05, 0.1) is 0 Å². The number of rotatable bonds is 5. The second-order valence-corrected chi connectivity index (χ2v) is 4.37. The molecule has 2 N–H and O–H groups in total. The first kappa shape index (κ1) is 12.6. The smallest absolute Gasteiger partial charge is 0.132 e. The highest BCUT2D eigenvalue weighted by Gasteiger charge is 2.05. The molecule has 0 aliphatic rings. The van der Waals surface area contributed by atoms with Crippen molar-refractivity contribution in [3.8, 4) is 0 Å². The number of hydrogen-bond acceptors (Lipinski definition) is 4. The van der Waals surface area contributed by atoms with Crippen molar-refractivity contribution in [1.82, 2.24) is 15.0 Å². The fraction of sp³-hybridized carbons (Fsp3) is 0.357. The van der Waals surface area contributed by atoms with E-state index in [0.717, 1.165) is 30.8 Å². The third-order valence-corrected chi connectivity index (χ3v) is 2.87. The van der Waals surface area contributed by atoms with Gasteiger partial charge in [-0.3, -0.25) is 4.98 Å². The third-order valence-electron chi connectivity index (χ3n) is 2.87. The molecule has 0 saturated heterocycles. The van der Waals surface area contributed by atoms with Crippen molar-refractivity contribution in [2.75, 3.05) is 0 Å². The lowest BCUT2D eigenvalue weighted by atomic mass is 10.1. The SMILES string of the molecule is CCC(N)Cc1ccnc(Cc2ccncc2)n1. The van der Waals surface area contributed by atoms with Gasteiger partial charge in [-0.2, -0.15) is 0 Å². The van der Waals surface area contributed by atoms with Crippen molar-refractivity contribution >= 4 is 0 Å². The van der Waals surface area contributed by atoms with E-state index in [1.54, 1.807) is 18.6 Å². The standard InChI is InChI=1S/C14H18N4/c1-2-12(15)10-13-5-8-17-14(18-13)9-11-3-6-16-7-4-11/h3-8,12H,2,9-10,15H2,1H3. The average molecular weight is 242 g/mol. The summed E-state index contributed by atoms with van der Waals surface area (Å²) in [6.45, 7) is 2.09. The summed E-state index contributed by atoms with van der Waals surface area (Å²) in [6.07, 6.45) is 7.88. The Morgan fingerprint density at radius 2 is 1.94 bits per heavy atom. The molecule has 2 heterocycles. The van der Waals surface area contributed by atoms with Crippen molar-refractivity contribution in [2.24, 2.45) is 5.73 Å². The van der Waals surface area contributed by atoms with Gasteiger partial charge < -0.3 is 5.73 Å². The number of aromatic nitrogens is 3. The van der Waals surface area contributed by atoms with Gasteiger partial charge in [0.1, 0.15) is 5.82 Å². The van der Waals surface area contributed by atoms with E-state index in [-0.39, 0.29) is 6.04 Å². The van der Waals surface area contributed by atoms with Gasteiger partial charge >= 0.3 is 0 Å². The molecule has 4 heteroatoms. The van der Waals surface area contributed by atoms with Crippen LogP contribution < -0.4 is 5.73 Å². The Balaban J connectivity index is 2.08. The molecule has 0 spiro atoms. The first-order valence-corrected chi connectivity index (χ1v) is 6.23. The maximum Gasteiger partial charge on any atom is 0.132 e. The summed E-state index contributed by atoms with van der Waals surface area (Å²) in [5.41, 5.74) is 8.12. The van der Waals surface area contributed by atoms with Crippen molar-refractivity contribution in [1.29, 1.82) is 0 Å². The molecule has 0 aliphatic carbocycles. The molecule has 0 radical (unpaired) electrons. The van der Waals surface area contributed by atoms with Crippen molar-refractivity contribution in [2.45, 2.75) is 32.2 Å². The van der Waals surface area contributed by atoms with E-state index < -0.39 is 0 Å². The molecule has 2 aromatic rings. The van der Waals surface area contributed by atoms with E-state index in [0.29, 0.717) is 0 Å². The molecule has 0 amide bonds. The van der Waals surface area contributed by atoms with E-state index in [1.165, 1.54) is 5.56 Å². The van der Waals surface area contributed by atoms with Crippen LogP contribution in [0.5, 0.6) is 0 Å². The molecular formula is C14H18N4. The summed E-state index contributed by atoms with van der Waals surface area (Å²) in [5.74, 6) is 0.835. The predicted molar refractivity (Wildman–Crippen MR) is 71.0 cm³/mol. The Bertz CT molecular complexity index is 484. The Hall–Kier alpha value is -1.81. The molecule has 0 fully saturated rings. The summed E-state index contributed by atoms with van der Waals surface area (Å²) in [6, 6.07) is 6.07. The van der Waals surface area contributed by atoms with E-state index in [4.69, 9.17) is 5.73 Å². The van der Waals surface area contributed by atoms with Crippen LogP contribution in [0.2, 0.25) is 0 Å². The molecule has 0 bridgehead atoms. The molecule has 0 aromatic carbocycles. The van der Waals surface area contributed by atoms with E-state index >= 15 is 0 Å². The van der Waals surface area contributed by atoms with Crippen LogP contribution in [-0.2, 0) is 12.8 Å². The van der Waals surface area contributed by atoms with Gasteiger partial charge in [0.15, 0.2) is 0 Å². The van der Waals surface area contributed by atoms with E-state index in [2.05, 4.69) is 21.9 Å². The second kappa shape index (κ2) is 6.21. The molecule has 1 atom stereocenters. The zero-order chi connectivity index (χ0) is 12.8. The lowest BCUT2D eigenvalue weighted by molar-refractivity contribution is 0.633. The second-order valence-electron chi connectivity index (χ2n) is 4.37. The molecule has 94 valence electrons. The number of pyridine rings is 1. The van der Waals surface area contributed by atoms with Crippen LogP contribution in [0.15, 0.2) is 36.8 Å². The zero-order valence-electron chi connectivity index (χ0n) is 10.6. The molecule has 4 nitrogen and oxygen atoms in total. The van der Waals surface area contributed by atoms with Gasteiger partial charge in [-0.25, -0.2) is 9.97 Å². The molecular weight excluding hydrogens is 224 g/mol. The Morgan fingerprint density at radius 1 is 1.17 bits per heavy atom. The largest absolute Gasteiger partial charge is 0.327 e. The van der Waals surface area contributed by atoms with Crippen LogP contribution in [0.3, 0.4) is 0 Å². The van der Waals surface area contributed by atoms with Gasteiger partial charge in [-0.15, -0.1) is 0 Å². The fourth-order valence-corrected chi connectivity index (χ4v) is 1.74. The molecule has 18 heavy (non-hydrogen) atoms. The van der Waals surface area contributed by atoms with Crippen molar-refractivity contribution < 1.29 is 0 Å². The Labute approximate surface area is 107 Å². The maximum atomic E-state index is 5.94. The lowest BCUT2D eigenvalue weighted by Gasteiger charge is -2.08. The number of nitrogens with two attached hydrogens (primary N) is 1. The van der Waals surface area contributed by atoms with Crippen LogP contribution >= 0.6 is 0 Å². The van der Waals surface area contributed by atoms with Gasteiger partial charge in [0.25, 0.3) is 0 Å². The highest BCUT2D eigenvalue weighted by molar-refractivity contribution is 5.16. The van der Waals surface area contributed by atoms with Crippen molar-refractivity contribution in [3.05, 3.63) is 53.9 Å². The van der Waals surface area contributed by atoms with Crippen LogP contribution in [0, 0.1) is 0 Å². The van der Waals surface area contributed by atoms with Gasteiger partial charge in [0.2, 0.25) is 0 Å². The maximum absolute atomic E-state index is 5.94. The first-order valence-electron chi connectivity index (χ1n) is 6.23. The minimum atomic E-state index is 0.175. The van der Waals surface area contributed by atoms with Crippen LogP contribution in [-0.4, -0.2) is 21.0 Å². The quantitative estimate of drug-likeness (QED) is 0.867. The van der Waals surface area contributed by atoms with Crippen molar-refractivity contribution in [3.63, 3.8) is 0 Å². The molecule has 2 aromatic heterocycles. The normalized spacial score (nSPS) is 12.3. The number of hydrogen-bond donors (Lipinski definition) is 1. The monoisotopic (exact) mass is 242 g/mol. The van der Waals surface area contributed by atoms with Crippen LogP contribution in [0.25, 0.3) is 0 Å². The summed E-state index contributed by atoms with van der Waals surface area (Å²) in [5, 5.41) is 0. The fourth-order valence-electron chi connectivity index (χ4n) is 1.74. The molecule has 0 aliphatic heterocycles. The lowest BCUT2D eigenvalue weighted by Crippen LogP contribution is -2.22. The zero-order valence-corrected chi connectivity index (χ0v) is 10.6. The molecule has 1 unspecified atom stereocenters. The Kier molecular flexibility index (Phi) is 4.36. The van der Waals surface area contributed by atoms with Gasteiger partial charge in [-0.1, -0.05) is 6.92 Å². The third kappa shape index (κ3) is 3.60. The summed E-state index contributed by atoms with van der Waals surface area (Å²) < 4.78 is 0. The van der Waals surface area contributed by atoms with Crippen LogP contribution in [0.1, 0.15) is 30.4 Å².